The molecule has 1 aliphatic rings. The fraction of sp³-hybridized carbons (Fsp3) is 0.227. The number of nitrogens with zero attached hydrogens (tertiary/aromatic N) is 2. The molecule has 3 aromatic rings. The number of carbonyl (C=O) groups excluding carboxylic acids is 2. The van der Waals surface area contributed by atoms with E-state index >= 15 is 0 Å². The third-order valence-electron chi connectivity index (χ3n) is 5.55. The lowest BCUT2D eigenvalue weighted by molar-refractivity contribution is -0.124. The van der Waals surface area contributed by atoms with Gasteiger partial charge in [0.1, 0.15) is 28.7 Å². The van der Waals surface area contributed by atoms with Crippen LogP contribution in [-0.4, -0.2) is 53.8 Å². The van der Waals surface area contributed by atoms with Crippen molar-refractivity contribution < 1.29 is 27.5 Å². The Labute approximate surface area is 225 Å². The molecule has 15 heteroatoms. The van der Waals surface area contributed by atoms with Crippen molar-refractivity contribution >= 4 is 62.2 Å². The van der Waals surface area contributed by atoms with Gasteiger partial charge in [0, 0.05) is 29.4 Å². The van der Waals surface area contributed by atoms with E-state index in [1.165, 1.54) is 42.6 Å². The average molecular weight is 588 g/mol. The number of nitrogens with one attached hydrogen (secondary N) is 3. The van der Waals surface area contributed by atoms with Crippen molar-refractivity contribution in [1.82, 2.24) is 19.3 Å². The van der Waals surface area contributed by atoms with Gasteiger partial charge in [-0.25, -0.2) is 9.37 Å². The minimum Gasteiger partial charge on any atom is -0.508 e. The summed E-state index contributed by atoms with van der Waals surface area (Å²) in [5, 5.41) is 15.4. The maximum atomic E-state index is 13.4. The lowest BCUT2D eigenvalue weighted by Crippen LogP contribution is -2.62. The second-order valence-electron chi connectivity index (χ2n) is 8.08. The second kappa shape index (κ2) is 10.9. The molecule has 0 radical (unpaired) electrons. The Morgan fingerprint density at radius 3 is 2.68 bits per heavy atom. The molecular weight excluding hydrogens is 568 g/mol. The van der Waals surface area contributed by atoms with Gasteiger partial charge in [-0.2, -0.15) is 17.4 Å². The minimum absolute atomic E-state index is 0.0202. The first-order valence-electron chi connectivity index (χ1n) is 10.7. The molecule has 1 fully saturated rings. The SMILES string of the molecule is CN1C(C(=O)Nc2ccc(F)c(Cl)c2)CC(C(=O)NCc2cnc(-c3ccc(O)cc3Cl)s2)NS1(=O)=O. The Balaban J connectivity index is 1.42. The van der Waals surface area contributed by atoms with Crippen molar-refractivity contribution in [2.75, 3.05) is 12.4 Å². The van der Waals surface area contributed by atoms with Gasteiger partial charge in [-0.1, -0.05) is 23.2 Å². The van der Waals surface area contributed by atoms with Crippen LogP contribution in [0, 0.1) is 5.82 Å². The summed E-state index contributed by atoms with van der Waals surface area (Å²) in [6, 6.07) is 5.62. The summed E-state index contributed by atoms with van der Waals surface area (Å²) in [6.07, 6.45) is 1.39. The van der Waals surface area contributed by atoms with Crippen molar-refractivity contribution in [2.24, 2.45) is 0 Å². The summed E-state index contributed by atoms with van der Waals surface area (Å²) in [7, 11) is -2.94. The Hall–Kier alpha value is -2.81. The Kier molecular flexibility index (Phi) is 8.02. The first kappa shape index (κ1) is 27.2. The van der Waals surface area contributed by atoms with Crippen LogP contribution >= 0.6 is 34.5 Å². The summed E-state index contributed by atoms with van der Waals surface area (Å²) in [6.45, 7) is 0.0607. The van der Waals surface area contributed by atoms with Crippen molar-refractivity contribution in [3.8, 4) is 16.3 Å². The van der Waals surface area contributed by atoms with Crippen LogP contribution in [0.25, 0.3) is 10.6 Å². The Morgan fingerprint density at radius 2 is 1.97 bits per heavy atom. The first-order valence-corrected chi connectivity index (χ1v) is 13.7. The smallest absolute Gasteiger partial charge is 0.280 e. The molecule has 1 saturated heterocycles. The molecule has 4 N–H and O–H groups in total. The predicted octanol–water partition coefficient (Wildman–Crippen LogP) is 3.12. The van der Waals surface area contributed by atoms with Crippen molar-refractivity contribution in [1.29, 1.82) is 0 Å². The number of amides is 2. The van der Waals surface area contributed by atoms with Crippen LogP contribution in [0.5, 0.6) is 5.75 Å². The summed E-state index contributed by atoms with van der Waals surface area (Å²) in [5.74, 6) is -1.98. The normalized spacial score (nSPS) is 19.4. The molecule has 2 heterocycles. The van der Waals surface area contributed by atoms with Crippen molar-refractivity contribution in [3.05, 3.63) is 63.3 Å². The van der Waals surface area contributed by atoms with Gasteiger partial charge in [0.2, 0.25) is 11.8 Å². The minimum atomic E-state index is -4.15. The largest absolute Gasteiger partial charge is 0.508 e. The van der Waals surface area contributed by atoms with Crippen LogP contribution in [0.1, 0.15) is 11.3 Å². The molecule has 1 aliphatic heterocycles. The summed E-state index contributed by atoms with van der Waals surface area (Å²) < 4.78 is 41.7. The number of aromatic hydroxyl groups is 1. The zero-order valence-corrected chi connectivity index (χ0v) is 22.2. The van der Waals surface area contributed by atoms with Gasteiger partial charge in [-0.15, -0.1) is 11.3 Å². The van der Waals surface area contributed by atoms with E-state index in [2.05, 4.69) is 20.3 Å². The van der Waals surface area contributed by atoms with Crippen LogP contribution in [0.2, 0.25) is 10.0 Å². The third-order valence-corrected chi connectivity index (χ3v) is 8.78. The fourth-order valence-electron chi connectivity index (χ4n) is 3.57. The molecule has 0 saturated carbocycles. The highest BCUT2D eigenvalue weighted by atomic mass is 35.5. The zero-order chi connectivity index (χ0) is 26.9. The number of phenolic OH excluding ortho intramolecular Hbond substituents is 1. The molecular formula is C22H20Cl2FN5O5S2. The van der Waals surface area contributed by atoms with Crippen molar-refractivity contribution in [3.63, 3.8) is 0 Å². The number of benzene rings is 2. The standard InChI is InChI=1S/C22H20Cl2FN5O5S2/c1-30-19(21(33)28-11-2-5-17(25)16(24)6-11)8-18(29-37(30,34)35)20(32)26-9-13-10-27-22(36-13)14-4-3-12(31)7-15(14)23/h2-7,10,18-19,29,31H,8-9H2,1H3,(H,26,32)(H,28,33). The number of halogens is 3. The van der Waals surface area contributed by atoms with E-state index in [-0.39, 0.29) is 29.4 Å². The molecule has 0 bridgehead atoms. The van der Waals surface area contributed by atoms with Crippen LogP contribution in [0.3, 0.4) is 0 Å². The number of aromatic nitrogens is 1. The molecule has 10 nitrogen and oxygen atoms in total. The molecule has 196 valence electrons. The van der Waals surface area contributed by atoms with E-state index in [1.54, 1.807) is 12.3 Å². The van der Waals surface area contributed by atoms with E-state index in [4.69, 9.17) is 23.2 Å². The maximum Gasteiger partial charge on any atom is 0.280 e. The molecule has 2 atom stereocenters. The van der Waals surface area contributed by atoms with Gasteiger partial charge in [0.15, 0.2) is 0 Å². The monoisotopic (exact) mass is 587 g/mol. The van der Waals surface area contributed by atoms with Crippen LogP contribution in [0.15, 0.2) is 42.6 Å². The van der Waals surface area contributed by atoms with E-state index in [0.717, 1.165) is 10.4 Å². The van der Waals surface area contributed by atoms with Gasteiger partial charge in [-0.3, -0.25) is 9.59 Å². The highest BCUT2D eigenvalue weighted by Crippen LogP contribution is 2.33. The van der Waals surface area contributed by atoms with Crippen LogP contribution in [0.4, 0.5) is 10.1 Å². The lowest BCUT2D eigenvalue weighted by Gasteiger charge is -2.35. The number of anilines is 1. The molecule has 0 aliphatic carbocycles. The Bertz CT molecular complexity index is 1470. The number of likely N-dealkylation sites (N-methyl/N-ethyl adjacent to an activating group) is 1. The average Bonchev–Trinajstić information content (AvgIpc) is 3.30. The van der Waals surface area contributed by atoms with Gasteiger partial charge in [0.25, 0.3) is 10.2 Å². The van der Waals surface area contributed by atoms with Crippen LogP contribution in [-0.2, 0) is 26.3 Å². The predicted molar refractivity (Wildman–Crippen MR) is 138 cm³/mol. The second-order valence-corrected chi connectivity index (χ2v) is 11.8. The third kappa shape index (κ3) is 6.20. The molecule has 2 amide bonds. The number of hydrogen-bond donors (Lipinski definition) is 4. The van der Waals surface area contributed by atoms with E-state index in [9.17, 15) is 27.5 Å². The summed E-state index contributed by atoms with van der Waals surface area (Å²) >= 11 is 13.2. The maximum absolute atomic E-state index is 13.4. The zero-order valence-electron chi connectivity index (χ0n) is 19.0. The van der Waals surface area contributed by atoms with Gasteiger partial charge >= 0.3 is 0 Å². The molecule has 0 spiro atoms. The van der Waals surface area contributed by atoms with E-state index in [0.29, 0.717) is 20.5 Å². The summed E-state index contributed by atoms with van der Waals surface area (Å²) in [5.41, 5.74) is 0.790. The Morgan fingerprint density at radius 1 is 1.22 bits per heavy atom. The lowest BCUT2D eigenvalue weighted by atomic mass is 10.1. The van der Waals surface area contributed by atoms with E-state index in [1.807, 2.05) is 0 Å². The number of hydrogen-bond acceptors (Lipinski definition) is 7. The van der Waals surface area contributed by atoms with Gasteiger partial charge < -0.3 is 15.7 Å². The molecule has 2 aromatic carbocycles. The van der Waals surface area contributed by atoms with Gasteiger partial charge in [-0.05, 0) is 42.8 Å². The van der Waals surface area contributed by atoms with Crippen LogP contribution < -0.4 is 15.4 Å². The first-order chi connectivity index (χ1) is 17.4. The molecule has 37 heavy (non-hydrogen) atoms. The molecule has 4 rings (SSSR count). The van der Waals surface area contributed by atoms with E-state index < -0.39 is 39.9 Å². The number of rotatable bonds is 6. The summed E-state index contributed by atoms with van der Waals surface area (Å²) in [4.78, 5) is 30.6. The fourth-order valence-corrected chi connectivity index (χ4v) is 6.21. The quantitative estimate of drug-likeness (QED) is 0.349. The topological polar surface area (TPSA) is 141 Å². The molecule has 1 aromatic heterocycles. The number of thiazole rings is 1. The van der Waals surface area contributed by atoms with Gasteiger partial charge in [0.05, 0.1) is 16.6 Å². The number of phenols is 1. The van der Waals surface area contributed by atoms with Crippen molar-refractivity contribution in [2.45, 2.75) is 25.0 Å². The molecule has 2 unspecified atom stereocenters. The number of carbonyl (C=O) groups is 2. The highest BCUT2D eigenvalue weighted by molar-refractivity contribution is 7.87. The highest BCUT2D eigenvalue weighted by Gasteiger charge is 2.42.